The van der Waals surface area contributed by atoms with E-state index in [1.165, 1.54) is 24.3 Å². The fourth-order valence-electron chi connectivity index (χ4n) is 3.17. The van der Waals surface area contributed by atoms with Crippen LogP contribution in [0.5, 0.6) is 0 Å². The second-order valence-electron chi connectivity index (χ2n) is 6.95. The average molecular weight is 483 g/mol. The Morgan fingerprint density at radius 1 is 1.18 bits per heavy atom. The number of hydrogen-bond acceptors (Lipinski definition) is 7. The minimum Gasteiger partial charge on any atom is -0.349 e. The summed E-state index contributed by atoms with van der Waals surface area (Å²) in [5.41, 5.74) is 0.984. The van der Waals surface area contributed by atoms with E-state index in [1.807, 2.05) is 18.2 Å². The molecule has 1 aromatic heterocycles. The van der Waals surface area contributed by atoms with Gasteiger partial charge < -0.3 is 5.32 Å². The highest BCUT2D eigenvalue weighted by atomic mass is 35.5. The number of amides is 3. The SMILES string of the molecule is O=C(NCCN1C(=O)S/C(=C\c2ccc(Cl)c([N+](=O)[O-])c2)C1=O)c1ccc2ccccc2n1. The minimum absolute atomic E-state index is 0.0257. The Morgan fingerprint density at radius 3 is 2.76 bits per heavy atom. The molecule has 0 saturated carbocycles. The zero-order chi connectivity index (χ0) is 23.5. The number of carbonyl (C=O) groups is 3. The lowest BCUT2D eigenvalue weighted by Gasteiger charge is -2.13. The summed E-state index contributed by atoms with van der Waals surface area (Å²) in [6, 6.07) is 14.9. The predicted molar refractivity (Wildman–Crippen MR) is 125 cm³/mol. The lowest BCUT2D eigenvalue weighted by molar-refractivity contribution is -0.384. The van der Waals surface area contributed by atoms with E-state index in [0.29, 0.717) is 11.1 Å². The fraction of sp³-hybridized carbons (Fsp3) is 0.0909. The van der Waals surface area contributed by atoms with Gasteiger partial charge in [0.1, 0.15) is 10.7 Å². The normalized spacial score (nSPS) is 14.8. The molecular weight excluding hydrogens is 468 g/mol. The summed E-state index contributed by atoms with van der Waals surface area (Å²) in [6.07, 6.45) is 1.39. The van der Waals surface area contributed by atoms with Gasteiger partial charge >= 0.3 is 0 Å². The van der Waals surface area contributed by atoms with Crippen molar-refractivity contribution in [3.8, 4) is 0 Å². The Kier molecular flexibility index (Phi) is 6.38. The van der Waals surface area contributed by atoms with Crippen molar-refractivity contribution >= 4 is 63.1 Å². The number of nitrogens with one attached hydrogen (secondary N) is 1. The molecule has 1 N–H and O–H groups in total. The van der Waals surface area contributed by atoms with Gasteiger partial charge in [-0.2, -0.15) is 0 Å². The number of halogens is 1. The second kappa shape index (κ2) is 9.39. The average Bonchev–Trinajstić information content (AvgIpc) is 3.07. The number of nitro benzene ring substituents is 1. The topological polar surface area (TPSA) is 123 Å². The first kappa shape index (κ1) is 22.4. The highest BCUT2D eigenvalue weighted by molar-refractivity contribution is 8.18. The number of imide groups is 1. The first-order valence-electron chi connectivity index (χ1n) is 9.67. The zero-order valence-electron chi connectivity index (χ0n) is 16.9. The quantitative estimate of drug-likeness (QED) is 0.316. The van der Waals surface area contributed by atoms with Gasteiger partial charge in [0.05, 0.1) is 15.3 Å². The van der Waals surface area contributed by atoms with Crippen LogP contribution in [0.15, 0.2) is 59.5 Å². The van der Waals surface area contributed by atoms with Gasteiger partial charge in [-0.15, -0.1) is 0 Å². The van der Waals surface area contributed by atoms with Gasteiger partial charge in [-0.25, -0.2) is 4.98 Å². The summed E-state index contributed by atoms with van der Waals surface area (Å²) in [6.45, 7) is 0.0210. The Balaban J connectivity index is 1.40. The molecule has 11 heteroatoms. The number of nitrogens with zero attached hydrogens (tertiary/aromatic N) is 3. The van der Waals surface area contributed by atoms with Crippen molar-refractivity contribution in [3.63, 3.8) is 0 Å². The van der Waals surface area contributed by atoms with Crippen LogP contribution in [0.4, 0.5) is 10.5 Å². The third-order valence-electron chi connectivity index (χ3n) is 4.79. The number of fused-ring (bicyclic) bond motifs is 1. The number of benzene rings is 2. The van der Waals surface area contributed by atoms with Gasteiger partial charge in [-0.1, -0.05) is 41.9 Å². The lowest BCUT2D eigenvalue weighted by Crippen LogP contribution is -2.37. The second-order valence-corrected chi connectivity index (χ2v) is 8.35. The van der Waals surface area contributed by atoms with Crippen LogP contribution in [0, 0.1) is 10.1 Å². The summed E-state index contributed by atoms with van der Waals surface area (Å²) in [5, 5.41) is 14.1. The smallest absolute Gasteiger partial charge is 0.293 e. The van der Waals surface area contributed by atoms with Gasteiger partial charge in [0.25, 0.3) is 22.7 Å². The van der Waals surface area contributed by atoms with Crippen LogP contribution in [0.3, 0.4) is 0 Å². The molecule has 1 aliphatic rings. The monoisotopic (exact) mass is 482 g/mol. The maximum atomic E-state index is 12.6. The molecule has 0 atom stereocenters. The van der Waals surface area contributed by atoms with E-state index in [2.05, 4.69) is 10.3 Å². The summed E-state index contributed by atoms with van der Waals surface area (Å²) in [5.74, 6) is -0.961. The van der Waals surface area contributed by atoms with Crippen molar-refractivity contribution < 1.29 is 19.3 Å². The van der Waals surface area contributed by atoms with Crippen molar-refractivity contribution in [3.05, 3.63) is 85.9 Å². The van der Waals surface area contributed by atoms with Gasteiger partial charge in [0.2, 0.25) is 0 Å². The molecule has 9 nitrogen and oxygen atoms in total. The summed E-state index contributed by atoms with van der Waals surface area (Å²) in [4.78, 5) is 53.2. The number of para-hydroxylation sites is 1. The van der Waals surface area contributed by atoms with E-state index < -0.39 is 22.0 Å². The third-order valence-corrected chi connectivity index (χ3v) is 6.02. The number of rotatable bonds is 6. The van der Waals surface area contributed by atoms with Crippen molar-refractivity contribution in [1.29, 1.82) is 0 Å². The molecule has 0 aliphatic carbocycles. The van der Waals surface area contributed by atoms with Crippen LogP contribution >= 0.6 is 23.4 Å². The van der Waals surface area contributed by atoms with Gasteiger partial charge in [-0.05, 0) is 41.6 Å². The van der Waals surface area contributed by atoms with Gasteiger partial charge in [-0.3, -0.25) is 29.4 Å². The molecule has 1 aliphatic heterocycles. The van der Waals surface area contributed by atoms with Crippen LogP contribution in [-0.4, -0.2) is 45.0 Å². The molecule has 0 bridgehead atoms. The van der Waals surface area contributed by atoms with E-state index in [0.717, 1.165) is 22.0 Å². The Labute approximate surface area is 196 Å². The van der Waals surface area contributed by atoms with Crippen LogP contribution in [0.1, 0.15) is 16.1 Å². The fourth-order valence-corrected chi connectivity index (χ4v) is 4.22. The minimum atomic E-state index is -0.626. The Bertz CT molecular complexity index is 1340. The lowest BCUT2D eigenvalue weighted by atomic mass is 10.2. The van der Waals surface area contributed by atoms with Crippen LogP contribution < -0.4 is 5.32 Å². The van der Waals surface area contributed by atoms with Crippen molar-refractivity contribution in [2.24, 2.45) is 0 Å². The van der Waals surface area contributed by atoms with E-state index >= 15 is 0 Å². The molecule has 2 aromatic carbocycles. The molecule has 4 rings (SSSR count). The highest BCUT2D eigenvalue weighted by Crippen LogP contribution is 2.33. The molecule has 3 amide bonds. The standard InChI is InChI=1S/C22H15ClN4O5S/c23-15-7-5-13(11-18(15)27(31)32)12-19-21(29)26(22(30)33-19)10-9-24-20(28)17-8-6-14-3-1-2-4-16(14)25-17/h1-8,11-12H,9-10H2,(H,24,28)/b19-12-. The number of hydrogen-bond donors (Lipinski definition) is 1. The first-order valence-corrected chi connectivity index (χ1v) is 10.9. The Morgan fingerprint density at radius 2 is 1.97 bits per heavy atom. The molecule has 0 radical (unpaired) electrons. The summed E-state index contributed by atoms with van der Waals surface area (Å²) >= 11 is 6.53. The van der Waals surface area contributed by atoms with Crippen molar-refractivity contribution in [2.75, 3.05) is 13.1 Å². The van der Waals surface area contributed by atoms with Gasteiger partial charge in [0.15, 0.2) is 0 Å². The third kappa shape index (κ3) is 4.86. The van der Waals surface area contributed by atoms with E-state index in [4.69, 9.17) is 11.6 Å². The number of carbonyl (C=O) groups excluding carboxylic acids is 3. The van der Waals surface area contributed by atoms with E-state index in [1.54, 1.807) is 18.2 Å². The molecule has 3 aromatic rings. The molecule has 166 valence electrons. The summed E-state index contributed by atoms with van der Waals surface area (Å²) < 4.78 is 0. The maximum Gasteiger partial charge on any atom is 0.293 e. The molecule has 1 saturated heterocycles. The highest BCUT2D eigenvalue weighted by Gasteiger charge is 2.34. The van der Waals surface area contributed by atoms with Crippen LogP contribution in [0.25, 0.3) is 17.0 Å². The van der Waals surface area contributed by atoms with Crippen molar-refractivity contribution in [1.82, 2.24) is 15.2 Å². The maximum absolute atomic E-state index is 12.6. The number of thioether (sulfide) groups is 1. The van der Waals surface area contributed by atoms with Gasteiger partial charge in [0, 0.05) is 24.5 Å². The van der Waals surface area contributed by atoms with Crippen LogP contribution in [-0.2, 0) is 4.79 Å². The molecule has 2 heterocycles. The molecule has 0 unspecified atom stereocenters. The van der Waals surface area contributed by atoms with E-state index in [9.17, 15) is 24.5 Å². The van der Waals surface area contributed by atoms with Crippen molar-refractivity contribution in [2.45, 2.75) is 0 Å². The first-order chi connectivity index (χ1) is 15.8. The largest absolute Gasteiger partial charge is 0.349 e. The number of aromatic nitrogens is 1. The molecular formula is C22H15ClN4O5S. The van der Waals surface area contributed by atoms with E-state index in [-0.39, 0.29) is 34.4 Å². The molecule has 1 fully saturated rings. The number of nitro groups is 1. The number of pyridine rings is 1. The zero-order valence-corrected chi connectivity index (χ0v) is 18.4. The predicted octanol–water partition coefficient (Wildman–Crippen LogP) is 4.26. The summed E-state index contributed by atoms with van der Waals surface area (Å²) in [7, 11) is 0. The Hall–Kier alpha value is -3.76. The molecule has 33 heavy (non-hydrogen) atoms. The molecule has 0 spiro atoms. The van der Waals surface area contributed by atoms with Crippen LogP contribution in [0.2, 0.25) is 5.02 Å².